The van der Waals surface area contributed by atoms with Crippen LogP contribution in [0.1, 0.15) is 54.4 Å². The molecule has 1 saturated heterocycles. The molecule has 1 saturated carbocycles. The molecule has 2 aliphatic rings. The van der Waals surface area contributed by atoms with E-state index in [1.807, 2.05) is 0 Å². The van der Waals surface area contributed by atoms with E-state index in [9.17, 15) is 0 Å². The molecule has 20 heavy (non-hydrogen) atoms. The molecule has 0 aromatic carbocycles. The van der Waals surface area contributed by atoms with Crippen LogP contribution in [0, 0.1) is 0 Å². The summed E-state index contributed by atoms with van der Waals surface area (Å²) in [5, 5.41) is 0. The van der Waals surface area contributed by atoms with Gasteiger partial charge in [-0.05, 0) is 68.5 Å². The Bertz CT molecular complexity index is 276. The first-order valence-corrected chi connectivity index (χ1v) is 8.18. The third kappa shape index (κ3) is 6.11. The second-order valence-corrected chi connectivity index (χ2v) is 8.47. The number of likely N-dealkylation sites (N-methyl/N-ethyl adjacent to an activating group) is 1. The minimum Gasteiger partial charge on any atom is -0.304 e. The fourth-order valence-corrected chi connectivity index (χ4v) is 2.49. The predicted octanol–water partition coefficient (Wildman–Crippen LogP) is 2.91. The second kappa shape index (κ2) is 6.76. The fourth-order valence-electron chi connectivity index (χ4n) is 2.49. The molecule has 3 nitrogen and oxygen atoms in total. The topological polar surface area (TPSA) is 9.72 Å². The lowest BCUT2D eigenvalue weighted by Gasteiger charge is -2.41. The van der Waals surface area contributed by atoms with Crippen LogP contribution in [0.4, 0.5) is 0 Å². The SMILES string of the molecule is CN(C1CC1)C(C)(C)C.CN1CCN(C(C)(C)C)CC1. The van der Waals surface area contributed by atoms with Crippen LogP contribution < -0.4 is 0 Å². The van der Waals surface area contributed by atoms with Gasteiger partial charge in [0.25, 0.3) is 0 Å². The molecular formula is C17H37N3. The molecule has 1 heterocycles. The molecule has 0 amide bonds. The van der Waals surface area contributed by atoms with Gasteiger partial charge in [0.2, 0.25) is 0 Å². The van der Waals surface area contributed by atoms with Crippen LogP contribution in [0.15, 0.2) is 0 Å². The van der Waals surface area contributed by atoms with E-state index in [2.05, 4.69) is 70.3 Å². The third-order valence-corrected chi connectivity index (χ3v) is 4.60. The molecule has 2 fully saturated rings. The largest absolute Gasteiger partial charge is 0.304 e. The summed E-state index contributed by atoms with van der Waals surface area (Å²) < 4.78 is 0. The van der Waals surface area contributed by atoms with Gasteiger partial charge < -0.3 is 4.90 Å². The highest BCUT2D eigenvalue weighted by molar-refractivity contribution is 4.88. The molecule has 1 aliphatic carbocycles. The summed E-state index contributed by atoms with van der Waals surface area (Å²) in [6.45, 7) is 18.6. The molecule has 0 spiro atoms. The average molecular weight is 284 g/mol. The minimum absolute atomic E-state index is 0.362. The maximum atomic E-state index is 2.55. The van der Waals surface area contributed by atoms with Crippen molar-refractivity contribution in [2.45, 2.75) is 71.5 Å². The molecule has 0 bridgehead atoms. The van der Waals surface area contributed by atoms with Crippen molar-refractivity contribution >= 4 is 0 Å². The summed E-state index contributed by atoms with van der Waals surface area (Å²) in [4.78, 5) is 7.40. The Morgan fingerprint density at radius 1 is 0.850 bits per heavy atom. The highest BCUT2D eigenvalue weighted by Gasteiger charge is 2.32. The lowest BCUT2D eigenvalue weighted by atomic mass is 10.1. The highest BCUT2D eigenvalue weighted by Crippen LogP contribution is 2.30. The first-order valence-electron chi connectivity index (χ1n) is 8.18. The molecule has 0 aromatic heterocycles. The van der Waals surface area contributed by atoms with Gasteiger partial charge in [-0.3, -0.25) is 9.80 Å². The first kappa shape index (κ1) is 17.9. The Kier molecular flexibility index (Phi) is 6.06. The molecule has 120 valence electrons. The predicted molar refractivity (Wildman–Crippen MR) is 89.4 cm³/mol. The summed E-state index contributed by atoms with van der Waals surface area (Å²) >= 11 is 0. The van der Waals surface area contributed by atoms with Crippen LogP contribution in [0.2, 0.25) is 0 Å². The zero-order chi connectivity index (χ0) is 15.6. The van der Waals surface area contributed by atoms with Gasteiger partial charge in [0, 0.05) is 43.3 Å². The molecule has 0 radical (unpaired) electrons. The Labute approximate surface area is 127 Å². The molecule has 0 N–H and O–H groups in total. The van der Waals surface area contributed by atoms with E-state index in [0.717, 1.165) is 6.04 Å². The van der Waals surface area contributed by atoms with Crippen LogP contribution in [0.5, 0.6) is 0 Å². The summed E-state index contributed by atoms with van der Waals surface area (Å²) in [6, 6.07) is 0.894. The van der Waals surface area contributed by atoms with Gasteiger partial charge in [-0.25, -0.2) is 0 Å². The van der Waals surface area contributed by atoms with Crippen LogP contribution in [-0.2, 0) is 0 Å². The van der Waals surface area contributed by atoms with E-state index in [0.29, 0.717) is 11.1 Å². The van der Waals surface area contributed by atoms with Crippen molar-refractivity contribution in [1.29, 1.82) is 0 Å². The van der Waals surface area contributed by atoms with Crippen molar-refractivity contribution in [1.82, 2.24) is 14.7 Å². The van der Waals surface area contributed by atoms with Gasteiger partial charge in [-0.15, -0.1) is 0 Å². The monoisotopic (exact) mass is 283 g/mol. The standard InChI is InChI=1S/C9H20N2.C8H17N/c1-9(2,3)11-7-5-10(4)6-8-11;1-8(2,3)9(4)7-5-6-7/h5-8H2,1-4H3;7H,5-6H2,1-4H3. The van der Waals surface area contributed by atoms with E-state index in [-0.39, 0.29) is 0 Å². The van der Waals surface area contributed by atoms with Gasteiger partial charge in [0.1, 0.15) is 0 Å². The van der Waals surface area contributed by atoms with Gasteiger partial charge in [-0.2, -0.15) is 0 Å². The smallest absolute Gasteiger partial charge is 0.0126 e. The molecule has 0 unspecified atom stereocenters. The number of rotatable bonds is 1. The van der Waals surface area contributed by atoms with E-state index in [4.69, 9.17) is 0 Å². The number of hydrogen-bond acceptors (Lipinski definition) is 3. The summed E-state index contributed by atoms with van der Waals surface area (Å²) in [6.07, 6.45) is 2.82. The van der Waals surface area contributed by atoms with Crippen molar-refractivity contribution in [3.05, 3.63) is 0 Å². The Hall–Kier alpha value is -0.120. The quantitative estimate of drug-likeness (QED) is 0.732. The molecule has 3 heteroatoms. The number of nitrogens with zero attached hydrogens (tertiary/aromatic N) is 3. The molecule has 2 rings (SSSR count). The molecule has 1 aliphatic heterocycles. The van der Waals surface area contributed by atoms with E-state index < -0.39 is 0 Å². The zero-order valence-corrected chi connectivity index (χ0v) is 15.2. The third-order valence-electron chi connectivity index (χ3n) is 4.60. The normalized spacial score (nSPS) is 22.6. The van der Waals surface area contributed by atoms with Gasteiger partial charge in [0.05, 0.1) is 0 Å². The highest BCUT2D eigenvalue weighted by atomic mass is 15.3. The summed E-state index contributed by atoms with van der Waals surface area (Å²) in [5.74, 6) is 0. The second-order valence-electron chi connectivity index (χ2n) is 8.47. The van der Waals surface area contributed by atoms with E-state index in [1.165, 1.54) is 39.0 Å². The van der Waals surface area contributed by atoms with Crippen molar-refractivity contribution in [3.63, 3.8) is 0 Å². The summed E-state index contributed by atoms with van der Waals surface area (Å²) in [7, 11) is 4.41. The minimum atomic E-state index is 0.362. The van der Waals surface area contributed by atoms with Crippen molar-refractivity contribution in [2.24, 2.45) is 0 Å². The van der Waals surface area contributed by atoms with E-state index in [1.54, 1.807) is 0 Å². The van der Waals surface area contributed by atoms with Gasteiger partial charge in [-0.1, -0.05) is 0 Å². The lowest BCUT2D eigenvalue weighted by Crippen LogP contribution is -2.52. The van der Waals surface area contributed by atoms with Gasteiger partial charge >= 0.3 is 0 Å². The Balaban J connectivity index is 0.000000204. The zero-order valence-electron chi connectivity index (χ0n) is 15.2. The van der Waals surface area contributed by atoms with Crippen molar-refractivity contribution < 1.29 is 0 Å². The first-order chi connectivity index (χ1) is 9.01. The van der Waals surface area contributed by atoms with Crippen LogP contribution in [0.25, 0.3) is 0 Å². The number of piperazine rings is 1. The maximum Gasteiger partial charge on any atom is 0.0126 e. The summed E-state index contributed by atoms with van der Waals surface area (Å²) in [5.41, 5.74) is 0.739. The van der Waals surface area contributed by atoms with Gasteiger partial charge in [0.15, 0.2) is 0 Å². The Morgan fingerprint density at radius 2 is 1.30 bits per heavy atom. The lowest BCUT2D eigenvalue weighted by molar-refractivity contribution is 0.0735. The maximum absolute atomic E-state index is 2.55. The molecular weight excluding hydrogens is 246 g/mol. The van der Waals surface area contributed by atoms with Crippen LogP contribution >= 0.6 is 0 Å². The molecule has 0 aromatic rings. The number of hydrogen-bond donors (Lipinski definition) is 0. The van der Waals surface area contributed by atoms with Crippen molar-refractivity contribution in [3.8, 4) is 0 Å². The Morgan fingerprint density at radius 3 is 1.55 bits per heavy atom. The fraction of sp³-hybridized carbons (Fsp3) is 1.00. The van der Waals surface area contributed by atoms with Crippen LogP contribution in [-0.4, -0.2) is 72.1 Å². The average Bonchev–Trinajstić information content (AvgIpc) is 3.10. The molecule has 0 atom stereocenters. The van der Waals surface area contributed by atoms with Crippen LogP contribution in [0.3, 0.4) is 0 Å². The van der Waals surface area contributed by atoms with Crippen molar-refractivity contribution in [2.75, 3.05) is 40.3 Å². The van der Waals surface area contributed by atoms with E-state index >= 15 is 0 Å².